The van der Waals surface area contributed by atoms with Gasteiger partial charge in [0.15, 0.2) is 5.76 Å². The molecule has 1 aromatic heterocycles. The molecule has 0 saturated heterocycles. The number of halogens is 1. The predicted octanol–water partition coefficient (Wildman–Crippen LogP) is 3.81. The van der Waals surface area contributed by atoms with E-state index in [0.29, 0.717) is 0 Å². The van der Waals surface area contributed by atoms with Crippen molar-refractivity contribution in [2.75, 3.05) is 0 Å². The molecule has 0 unspecified atom stereocenters. The van der Waals surface area contributed by atoms with Gasteiger partial charge in [-0.25, -0.2) is 4.39 Å². The van der Waals surface area contributed by atoms with Gasteiger partial charge in [0.05, 0.1) is 5.39 Å². The molecular formula is C17H11FO3. The fourth-order valence-electron chi connectivity index (χ4n) is 2.02. The minimum absolute atomic E-state index is 0.0179. The van der Waals surface area contributed by atoms with Crippen molar-refractivity contribution in [2.24, 2.45) is 0 Å². The van der Waals surface area contributed by atoms with Crippen LogP contribution in [0.3, 0.4) is 0 Å². The maximum atomic E-state index is 13.1. The van der Waals surface area contributed by atoms with E-state index in [9.17, 15) is 14.3 Å². The van der Waals surface area contributed by atoms with E-state index in [1.807, 2.05) is 30.3 Å². The Morgan fingerprint density at radius 3 is 2.57 bits per heavy atom. The quantitative estimate of drug-likeness (QED) is 0.777. The second-order valence-corrected chi connectivity index (χ2v) is 4.53. The highest BCUT2D eigenvalue weighted by Gasteiger charge is 2.11. The molecule has 3 nitrogen and oxygen atoms in total. The molecule has 4 heteroatoms. The standard InChI is InChI=1S/C17H11FO3/c18-12-7-9-14-13(10-12)16(19)17(20)15(21-14)8-6-11-4-2-1-3-5-11/h1-10,20H. The highest BCUT2D eigenvalue weighted by Crippen LogP contribution is 2.22. The highest BCUT2D eigenvalue weighted by atomic mass is 19.1. The molecule has 0 aliphatic heterocycles. The molecule has 2 aromatic carbocycles. The van der Waals surface area contributed by atoms with Gasteiger partial charge in [0.1, 0.15) is 11.4 Å². The molecular weight excluding hydrogens is 271 g/mol. The number of rotatable bonds is 2. The van der Waals surface area contributed by atoms with Crippen molar-refractivity contribution in [1.82, 2.24) is 0 Å². The van der Waals surface area contributed by atoms with Gasteiger partial charge in [-0.15, -0.1) is 0 Å². The van der Waals surface area contributed by atoms with Crippen LogP contribution in [0.2, 0.25) is 0 Å². The summed E-state index contributed by atoms with van der Waals surface area (Å²) >= 11 is 0. The van der Waals surface area contributed by atoms with E-state index in [1.54, 1.807) is 6.08 Å². The largest absolute Gasteiger partial charge is 0.502 e. The molecule has 3 aromatic rings. The van der Waals surface area contributed by atoms with E-state index < -0.39 is 17.0 Å². The Morgan fingerprint density at radius 2 is 1.81 bits per heavy atom. The minimum atomic E-state index is -0.650. The summed E-state index contributed by atoms with van der Waals surface area (Å²) in [6, 6.07) is 13.0. The van der Waals surface area contributed by atoms with Crippen molar-refractivity contribution >= 4 is 23.1 Å². The average molecular weight is 282 g/mol. The van der Waals surface area contributed by atoms with E-state index in [-0.39, 0.29) is 16.7 Å². The maximum Gasteiger partial charge on any atom is 0.235 e. The smallest absolute Gasteiger partial charge is 0.235 e. The number of hydrogen-bond donors (Lipinski definition) is 1. The van der Waals surface area contributed by atoms with Gasteiger partial charge < -0.3 is 9.52 Å². The third-order valence-electron chi connectivity index (χ3n) is 3.08. The summed E-state index contributed by atoms with van der Waals surface area (Å²) in [7, 11) is 0. The first-order chi connectivity index (χ1) is 10.1. The van der Waals surface area contributed by atoms with Crippen molar-refractivity contribution in [3.05, 3.63) is 75.9 Å². The Morgan fingerprint density at radius 1 is 1.05 bits per heavy atom. The van der Waals surface area contributed by atoms with Crippen LogP contribution < -0.4 is 5.43 Å². The van der Waals surface area contributed by atoms with Crippen molar-refractivity contribution in [2.45, 2.75) is 0 Å². The number of aromatic hydroxyl groups is 1. The normalized spacial score (nSPS) is 11.3. The van der Waals surface area contributed by atoms with Crippen LogP contribution in [0.1, 0.15) is 11.3 Å². The van der Waals surface area contributed by atoms with Gasteiger partial charge in [0.2, 0.25) is 11.2 Å². The molecule has 21 heavy (non-hydrogen) atoms. The lowest BCUT2D eigenvalue weighted by molar-refractivity contribution is 0.437. The summed E-state index contributed by atoms with van der Waals surface area (Å²) in [6.45, 7) is 0. The van der Waals surface area contributed by atoms with Crippen LogP contribution in [-0.2, 0) is 0 Å². The SMILES string of the molecule is O=c1c(O)c(C=Cc2ccccc2)oc2ccc(F)cc12. The Bertz CT molecular complexity index is 880. The van der Waals surface area contributed by atoms with E-state index in [2.05, 4.69) is 0 Å². The summed E-state index contributed by atoms with van der Waals surface area (Å²) in [5.41, 5.74) is 0.481. The van der Waals surface area contributed by atoms with Gasteiger partial charge in [-0.1, -0.05) is 36.4 Å². The Labute approximate surface area is 119 Å². The fourth-order valence-corrected chi connectivity index (χ4v) is 2.02. The molecule has 0 radical (unpaired) electrons. The van der Waals surface area contributed by atoms with Crippen molar-refractivity contribution in [3.63, 3.8) is 0 Å². The molecule has 104 valence electrons. The van der Waals surface area contributed by atoms with Gasteiger partial charge >= 0.3 is 0 Å². The molecule has 0 atom stereocenters. The van der Waals surface area contributed by atoms with E-state index >= 15 is 0 Å². The van der Waals surface area contributed by atoms with Crippen LogP contribution in [0.4, 0.5) is 4.39 Å². The third-order valence-corrected chi connectivity index (χ3v) is 3.08. The number of benzene rings is 2. The molecule has 1 heterocycles. The summed E-state index contributed by atoms with van der Waals surface area (Å²) in [5, 5.41) is 9.90. The van der Waals surface area contributed by atoms with Crippen LogP contribution in [0.15, 0.2) is 57.7 Å². The molecule has 1 N–H and O–H groups in total. The lowest BCUT2D eigenvalue weighted by Gasteiger charge is -2.02. The topological polar surface area (TPSA) is 50.4 Å². The number of hydrogen-bond acceptors (Lipinski definition) is 3. The molecule has 0 saturated carbocycles. The van der Waals surface area contributed by atoms with Crippen LogP contribution in [0.5, 0.6) is 5.75 Å². The van der Waals surface area contributed by atoms with Gasteiger partial charge in [-0.2, -0.15) is 0 Å². The molecule has 0 bridgehead atoms. The highest BCUT2D eigenvalue weighted by molar-refractivity contribution is 5.81. The van der Waals surface area contributed by atoms with Gasteiger partial charge in [0, 0.05) is 0 Å². The molecule has 0 aliphatic rings. The van der Waals surface area contributed by atoms with E-state index in [0.717, 1.165) is 11.6 Å². The molecule has 3 rings (SSSR count). The van der Waals surface area contributed by atoms with Gasteiger partial charge in [-0.05, 0) is 29.8 Å². The molecule has 0 spiro atoms. The van der Waals surface area contributed by atoms with Crippen molar-refractivity contribution < 1.29 is 13.9 Å². The summed E-state index contributed by atoms with van der Waals surface area (Å²) in [5.74, 6) is -1.04. The second kappa shape index (κ2) is 5.25. The van der Waals surface area contributed by atoms with Gasteiger partial charge in [0.25, 0.3) is 0 Å². The second-order valence-electron chi connectivity index (χ2n) is 4.53. The molecule has 0 aliphatic carbocycles. The zero-order valence-electron chi connectivity index (χ0n) is 10.9. The average Bonchev–Trinajstić information content (AvgIpc) is 2.51. The maximum absolute atomic E-state index is 13.1. The van der Waals surface area contributed by atoms with Crippen LogP contribution in [-0.4, -0.2) is 5.11 Å². The summed E-state index contributed by atoms with van der Waals surface area (Å²) < 4.78 is 18.6. The fraction of sp³-hybridized carbons (Fsp3) is 0. The minimum Gasteiger partial charge on any atom is -0.502 e. The van der Waals surface area contributed by atoms with Crippen LogP contribution in [0, 0.1) is 5.82 Å². The lowest BCUT2D eigenvalue weighted by atomic mass is 10.1. The zero-order valence-corrected chi connectivity index (χ0v) is 10.9. The first kappa shape index (κ1) is 13.1. The number of fused-ring (bicyclic) bond motifs is 1. The monoisotopic (exact) mass is 282 g/mol. The van der Waals surface area contributed by atoms with E-state index in [4.69, 9.17) is 4.42 Å². The first-order valence-corrected chi connectivity index (χ1v) is 6.33. The van der Waals surface area contributed by atoms with Gasteiger partial charge in [-0.3, -0.25) is 4.79 Å². The van der Waals surface area contributed by atoms with Crippen LogP contribution >= 0.6 is 0 Å². The third kappa shape index (κ3) is 2.56. The predicted molar refractivity (Wildman–Crippen MR) is 79.5 cm³/mol. The lowest BCUT2D eigenvalue weighted by Crippen LogP contribution is -2.02. The Balaban J connectivity index is 2.12. The zero-order chi connectivity index (χ0) is 14.8. The van der Waals surface area contributed by atoms with Crippen molar-refractivity contribution in [1.29, 1.82) is 0 Å². The first-order valence-electron chi connectivity index (χ1n) is 6.33. The Hall–Kier alpha value is -2.88. The summed E-state index contributed by atoms with van der Waals surface area (Å²) in [6.07, 6.45) is 3.22. The summed E-state index contributed by atoms with van der Waals surface area (Å²) in [4.78, 5) is 12.0. The molecule has 0 fully saturated rings. The Kier molecular flexibility index (Phi) is 3.28. The van der Waals surface area contributed by atoms with E-state index in [1.165, 1.54) is 18.2 Å². The van der Waals surface area contributed by atoms with Crippen molar-refractivity contribution in [3.8, 4) is 5.75 Å². The van der Waals surface area contributed by atoms with Crippen LogP contribution in [0.25, 0.3) is 23.1 Å². The molecule has 0 amide bonds.